The Kier molecular flexibility index (Phi) is 9.53. The molecular formula is C25H26BF5N3O. The summed E-state index contributed by atoms with van der Waals surface area (Å²) in [5.41, 5.74) is 11.4. The molecule has 35 heavy (non-hydrogen) atoms. The average Bonchev–Trinajstić information content (AvgIpc) is 2.79. The Morgan fingerprint density at radius 1 is 1.06 bits per heavy atom. The molecule has 0 fully saturated rings. The summed E-state index contributed by atoms with van der Waals surface area (Å²) in [5, 5.41) is 0. The Morgan fingerprint density at radius 2 is 1.71 bits per heavy atom. The van der Waals surface area contributed by atoms with Crippen LogP contribution < -0.4 is 16.2 Å². The second kappa shape index (κ2) is 11.9. The zero-order chi connectivity index (χ0) is 26.3. The molecule has 0 aliphatic carbocycles. The molecule has 0 aliphatic rings. The van der Waals surface area contributed by atoms with Crippen LogP contribution in [0.3, 0.4) is 0 Å². The van der Waals surface area contributed by atoms with Gasteiger partial charge in [-0.1, -0.05) is 18.2 Å². The average molecular weight is 490 g/mol. The van der Waals surface area contributed by atoms with E-state index < -0.39 is 29.3 Å². The van der Waals surface area contributed by atoms with Gasteiger partial charge in [-0.25, -0.2) is 13.8 Å². The molecule has 3 aromatic rings. The van der Waals surface area contributed by atoms with Crippen LogP contribution in [0.2, 0.25) is 0 Å². The van der Waals surface area contributed by atoms with Crippen LogP contribution in [0.4, 0.5) is 22.0 Å². The number of alkyl halides is 3. The molecule has 185 valence electrons. The molecule has 0 saturated carbocycles. The molecule has 0 amide bonds. The van der Waals surface area contributed by atoms with E-state index >= 15 is 0 Å². The fraction of sp³-hybridized carbons (Fsp3) is 0.280. The van der Waals surface area contributed by atoms with Crippen LogP contribution in [-0.2, 0) is 6.18 Å². The molecule has 1 aromatic heterocycles. The predicted octanol–water partition coefficient (Wildman–Crippen LogP) is 5.03. The number of pyridine rings is 1. The predicted molar refractivity (Wildman–Crippen MR) is 129 cm³/mol. The van der Waals surface area contributed by atoms with Gasteiger partial charge in [0.1, 0.15) is 23.1 Å². The van der Waals surface area contributed by atoms with Gasteiger partial charge in [0.25, 0.3) is 0 Å². The molecule has 0 bridgehead atoms. The van der Waals surface area contributed by atoms with Crippen LogP contribution in [0.25, 0.3) is 11.3 Å². The minimum absolute atomic E-state index is 0.0217. The monoisotopic (exact) mass is 490 g/mol. The van der Waals surface area contributed by atoms with Crippen molar-refractivity contribution < 1.29 is 26.7 Å². The van der Waals surface area contributed by atoms with Crippen LogP contribution >= 0.6 is 0 Å². The summed E-state index contributed by atoms with van der Waals surface area (Å²) in [7, 11) is 4.50. The second-order valence-corrected chi connectivity index (χ2v) is 7.66. The van der Waals surface area contributed by atoms with E-state index in [0.29, 0.717) is 22.6 Å². The number of nitrogens with zero attached hydrogens (tertiary/aromatic N) is 1. The summed E-state index contributed by atoms with van der Waals surface area (Å²) < 4.78 is 73.8. The molecule has 4 nitrogen and oxygen atoms in total. The van der Waals surface area contributed by atoms with Gasteiger partial charge in [0, 0.05) is 24.1 Å². The SMILES string of the molecule is CCOc1c(C)cc(C(CN)c2cccc(C(F)(F)F)c2)nc1-c1cc(C)c(F)cc1F.[B]=CN. The standard InChI is InChI=1S/C24H23F5N2O.CH3BN/c1-4-32-23-14(3)9-21(31-22(23)17-8-13(2)19(25)11-20(17)26)18(12-30)15-6-5-7-16(10-15)24(27,28)29;2-1-3/h5-11,18H,4,12,30H2,1-3H3;1H,3H2. The molecule has 0 saturated heterocycles. The first-order valence-corrected chi connectivity index (χ1v) is 10.7. The summed E-state index contributed by atoms with van der Waals surface area (Å²) >= 11 is 0. The fourth-order valence-corrected chi connectivity index (χ4v) is 3.57. The van der Waals surface area contributed by atoms with Crippen molar-refractivity contribution in [3.8, 4) is 17.0 Å². The molecule has 2 aromatic carbocycles. The van der Waals surface area contributed by atoms with E-state index in [0.717, 1.165) is 24.3 Å². The number of halogens is 5. The number of hydrogen-bond donors (Lipinski definition) is 2. The summed E-state index contributed by atoms with van der Waals surface area (Å²) in [5.74, 6) is -1.86. The Labute approximate surface area is 202 Å². The van der Waals surface area contributed by atoms with E-state index in [9.17, 15) is 22.0 Å². The van der Waals surface area contributed by atoms with E-state index in [1.165, 1.54) is 19.1 Å². The first kappa shape index (κ1) is 28.0. The van der Waals surface area contributed by atoms with Crippen molar-refractivity contribution in [1.29, 1.82) is 0 Å². The van der Waals surface area contributed by atoms with Gasteiger partial charge in [-0.2, -0.15) is 13.2 Å². The Bertz CT molecular complexity index is 1180. The maximum absolute atomic E-state index is 14.7. The van der Waals surface area contributed by atoms with Crippen LogP contribution in [-0.4, -0.2) is 31.7 Å². The summed E-state index contributed by atoms with van der Waals surface area (Å²) in [4.78, 5) is 4.54. The first-order valence-electron chi connectivity index (χ1n) is 10.7. The molecule has 1 unspecified atom stereocenters. The van der Waals surface area contributed by atoms with Gasteiger partial charge in [-0.3, -0.25) is 0 Å². The third kappa shape index (κ3) is 6.66. The third-order valence-corrected chi connectivity index (χ3v) is 5.18. The number of rotatable bonds is 6. The van der Waals surface area contributed by atoms with Gasteiger partial charge in [-0.15, -0.1) is 0 Å². The molecular weight excluding hydrogens is 464 g/mol. The van der Waals surface area contributed by atoms with Crippen molar-refractivity contribution in [2.45, 2.75) is 32.9 Å². The van der Waals surface area contributed by atoms with E-state index in [4.69, 9.17) is 10.5 Å². The van der Waals surface area contributed by atoms with Crippen LogP contribution in [0.15, 0.2) is 42.5 Å². The van der Waals surface area contributed by atoms with Crippen molar-refractivity contribution in [3.05, 3.63) is 82.0 Å². The third-order valence-electron chi connectivity index (χ3n) is 5.18. The van der Waals surface area contributed by atoms with Crippen LogP contribution in [0.5, 0.6) is 5.75 Å². The molecule has 3 rings (SSSR count). The van der Waals surface area contributed by atoms with Crippen molar-refractivity contribution in [2.75, 3.05) is 13.2 Å². The quantitative estimate of drug-likeness (QED) is 0.376. The molecule has 10 heteroatoms. The van der Waals surface area contributed by atoms with Gasteiger partial charge in [0.05, 0.1) is 17.9 Å². The van der Waals surface area contributed by atoms with Gasteiger partial charge in [-0.05, 0) is 55.7 Å². The summed E-state index contributed by atoms with van der Waals surface area (Å²) in [6.07, 6.45) is -3.50. The fourth-order valence-electron chi connectivity index (χ4n) is 3.57. The van der Waals surface area contributed by atoms with Crippen LogP contribution in [0.1, 0.15) is 40.8 Å². The first-order chi connectivity index (χ1) is 16.5. The number of ether oxygens (including phenoxy) is 1. The molecule has 0 aliphatic heterocycles. The Morgan fingerprint density at radius 3 is 2.29 bits per heavy atom. The van der Waals surface area contributed by atoms with Gasteiger partial charge in [0.15, 0.2) is 0 Å². The topological polar surface area (TPSA) is 74.2 Å². The van der Waals surface area contributed by atoms with Crippen molar-refractivity contribution >= 4 is 13.6 Å². The molecule has 1 radical (unpaired) electrons. The van der Waals surface area contributed by atoms with Gasteiger partial charge < -0.3 is 10.5 Å². The van der Waals surface area contributed by atoms with Crippen LogP contribution in [0, 0.1) is 25.5 Å². The zero-order valence-corrected chi connectivity index (χ0v) is 19.6. The number of aromatic nitrogens is 1. The van der Waals surface area contributed by atoms with E-state index in [1.807, 2.05) is 0 Å². The van der Waals surface area contributed by atoms with Crippen molar-refractivity contribution in [2.24, 2.45) is 11.5 Å². The number of aryl methyl sites for hydroxylation is 2. The van der Waals surface area contributed by atoms with E-state index in [-0.39, 0.29) is 30.0 Å². The zero-order valence-electron chi connectivity index (χ0n) is 19.6. The van der Waals surface area contributed by atoms with Gasteiger partial charge >= 0.3 is 25.5 Å². The van der Waals surface area contributed by atoms with Crippen molar-refractivity contribution in [3.63, 3.8) is 0 Å². The molecule has 1 heterocycles. The molecule has 4 N–H and O–H groups in total. The van der Waals surface area contributed by atoms with Crippen molar-refractivity contribution in [1.82, 2.24) is 4.98 Å². The maximum atomic E-state index is 14.7. The minimum atomic E-state index is -4.50. The molecule has 0 spiro atoms. The number of benzene rings is 2. The Hall–Kier alpha value is -3.27. The van der Waals surface area contributed by atoms with E-state index in [1.54, 1.807) is 26.0 Å². The number of hydrogen-bond acceptors (Lipinski definition) is 4. The second-order valence-electron chi connectivity index (χ2n) is 7.66. The normalized spacial score (nSPS) is 11.9. The van der Waals surface area contributed by atoms with E-state index in [2.05, 4.69) is 18.2 Å². The summed E-state index contributed by atoms with van der Waals surface area (Å²) in [6.45, 7) is 5.25. The summed E-state index contributed by atoms with van der Waals surface area (Å²) in [6, 6.07) is 8.65. The van der Waals surface area contributed by atoms with Gasteiger partial charge in [0.2, 0.25) is 0 Å². The number of nitrogens with two attached hydrogens (primary N) is 2. The Balaban J connectivity index is 0.00000137. The molecule has 1 atom stereocenters.